The van der Waals surface area contributed by atoms with Crippen LogP contribution in [0.5, 0.6) is 0 Å². The van der Waals surface area contributed by atoms with Gasteiger partial charge in [0.15, 0.2) is 11.2 Å². The number of hydrogen-bond donors (Lipinski definition) is 2. The summed E-state index contributed by atoms with van der Waals surface area (Å²) in [6.45, 7) is 0.657. The van der Waals surface area contributed by atoms with E-state index in [4.69, 9.17) is 5.73 Å². The zero-order valence-corrected chi connectivity index (χ0v) is 11.2. The number of nitrogen functional groups attached to an aromatic ring is 1. The number of aromatic amines is 1. The topological polar surface area (TPSA) is 89.6 Å². The Bertz CT molecular complexity index is 821. The Morgan fingerprint density at radius 1 is 1.29 bits per heavy atom. The van der Waals surface area contributed by atoms with E-state index in [1.54, 1.807) is 23.0 Å². The third kappa shape index (κ3) is 2.76. The van der Waals surface area contributed by atoms with E-state index in [0.29, 0.717) is 12.2 Å². The molecule has 3 aromatic rings. The van der Waals surface area contributed by atoms with Crippen molar-refractivity contribution in [1.29, 1.82) is 0 Å². The molecular formula is C14H14FN5O. The number of rotatable bonds is 4. The minimum Gasteiger partial charge on any atom is -0.369 e. The Kier molecular flexibility index (Phi) is 3.39. The van der Waals surface area contributed by atoms with Gasteiger partial charge in [0.1, 0.15) is 5.82 Å². The Morgan fingerprint density at radius 2 is 2.05 bits per heavy atom. The molecule has 0 saturated carbocycles. The van der Waals surface area contributed by atoms with Crippen molar-refractivity contribution in [2.75, 3.05) is 5.73 Å². The summed E-state index contributed by atoms with van der Waals surface area (Å²) >= 11 is 0. The van der Waals surface area contributed by atoms with Gasteiger partial charge in [-0.3, -0.25) is 9.78 Å². The minimum atomic E-state index is -0.338. The molecule has 108 valence electrons. The molecule has 0 aliphatic heterocycles. The second-order valence-electron chi connectivity index (χ2n) is 4.79. The zero-order valence-electron chi connectivity index (χ0n) is 11.2. The fourth-order valence-corrected chi connectivity index (χ4v) is 2.24. The second kappa shape index (κ2) is 5.35. The molecule has 0 aliphatic carbocycles. The van der Waals surface area contributed by atoms with Crippen LogP contribution in [0.15, 0.2) is 35.4 Å². The Hall–Kier alpha value is -2.70. The maximum atomic E-state index is 12.8. The average Bonchev–Trinajstić information content (AvgIpc) is 2.84. The molecule has 0 atom stereocenters. The summed E-state index contributed by atoms with van der Waals surface area (Å²) in [5, 5.41) is 0. The van der Waals surface area contributed by atoms with Crippen LogP contribution in [0.3, 0.4) is 0 Å². The third-order valence-corrected chi connectivity index (χ3v) is 3.27. The van der Waals surface area contributed by atoms with Crippen LogP contribution in [-0.2, 0) is 13.0 Å². The Morgan fingerprint density at radius 3 is 2.81 bits per heavy atom. The molecule has 0 unspecified atom stereocenters. The van der Waals surface area contributed by atoms with Gasteiger partial charge >= 0.3 is 0 Å². The van der Waals surface area contributed by atoms with Crippen molar-refractivity contribution in [3.8, 4) is 0 Å². The molecule has 1 aromatic carbocycles. The average molecular weight is 287 g/mol. The van der Waals surface area contributed by atoms with Gasteiger partial charge in [0.2, 0.25) is 5.95 Å². The standard InChI is InChI=1S/C14H14FN5O/c15-10-5-3-9(4-6-10)2-1-7-20-8-17-11-12(20)18-14(16)19-13(11)21/h3-6,8H,1-2,7H2,(H3,16,18,19,21). The predicted molar refractivity (Wildman–Crippen MR) is 77.3 cm³/mol. The smallest absolute Gasteiger partial charge is 0.280 e. The maximum Gasteiger partial charge on any atom is 0.280 e. The first-order valence-electron chi connectivity index (χ1n) is 6.58. The van der Waals surface area contributed by atoms with Crippen molar-refractivity contribution < 1.29 is 4.39 Å². The summed E-state index contributed by atoms with van der Waals surface area (Å²) in [6.07, 6.45) is 3.21. The number of benzene rings is 1. The normalized spacial score (nSPS) is 11.1. The van der Waals surface area contributed by atoms with Gasteiger partial charge in [-0.1, -0.05) is 12.1 Å². The zero-order chi connectivity index (χ0) is 14.8. The molecule has 3 rings (SSSR count). The first-order valence-corrected chi connectivity index (χ1v) is 6.58. The summed E-state index contributed by atoms with van der Waals surface area (Å²) in [7, 11) is 0. The lowest BCUT2D eigenvalue weighted by Crippen LogP contribution is -2.12. The highest BCUT2D eigenvalue weighted by Crippen LogP contribution is 2.10. The van der Waals surface area contributed by atoms with Gasteiger partial charge in [-0.05, 0) is 30.5 Å². The van der Waals surface area contributed by atoms with Gasteiger partial charge in [0.25, 0.3) is 5.56 Å². The van der Waals surface area contributed by atoms with E-state index in [9.17, 15) is 9.18 Å². The summed E-state index contributed by atoms with van der Waals surface area (Å²) in [5.74, 6) is -0.161. The molecule has 2 aromatic heterocycles. The third-order valence-electron chi connectivity index (χ3n) is 3.27. The number of aromatic nitrogens is 4. The lowest BCUT2D eigenvalue weighted by molar-refractivity contribution is 0.624. The van der Waals surface area contributed by atoms with Gasteiger partial charge in [-0.2, -0.15) is 4.98 Å². The van der Waals surface area contributed by atoms with Crippen LogP contribution >= 0.6 is 0 Å². The second-order valence-corrected chi connectivity index (χ2v) is 4.79. The molecule has 0 aliphatic rings. The van der Waals surface area contributed by atoms with Crippen molar-refractivity contribution >= 4 is 17.1 Å². The molecular weight excluding hydrogens is 273 g/mol. The summed E-state index contributed by atoms with van der Waals surface area (Å²) in [5.41, 5.74) is 7.03. The highest BCUT2D eigenvalue weighted by atomic mass is 19.1. The van der Waals surface area contributed by atoms with Crippen molar-refractivity contribution in [2.45, 2.75) is 19.4 Å². The number of nitrogens with zero attached hydrogens (tertiary/aromatic N) is 3. The Balaban J connectivity index is 1.74. The van der Waals surface area contributed by atoms with Gasteiger partial charge in [0, 0.05) is 6.54 Å². The van der Waals surface area contributed by atoms with Crippen molar-refractivity contribution in [3.05, 3.63) is 52.3 Å². The fraction of sp³-hybridized carbons (Fsp3) is 0.214. The molecule has 0 fully saturated rings. The molecule has 6 nitrogen and oxygen atoms in total. The highest BCUT2D eigenvalue weighted by Gasteiger charge is 2.08. The quantitative estimate of drug-likeness (QED) is 0.760. The number of H-pyrrole nitrogens is 1. The van der Waals surface area contributed by atoms with Crippen LogP contribution < -0.4 is 11.3 Å². The monoisotopic (exact) mass is 287 g/mol. The lowest BCUT2D eigenvalue weighted by Gasteiger charge is -2.04. The summed E-state index contributed by atoms with van der Waals surface area (Å²) in [4.78, 5) is 22.2. The maximum absolute atomic E-state index is 12.8. The van der Waals surface area contributed by atoms with Crippen molar-refractivity contribution in [1.82, 2.24) is 19.5 Å². The number of nitrogens with one attached hydrogen (secondary N) is 1. The number of anilines is 1. The number of fused-ring (bicyclic) bond motifs is 1. The number of imidazole rings is 1. The molecule has 3 N–H and O–H groups in total. The number of halogens is 1. The van der Waals surface area contributed by atoms with Gasteiger partial charge < -0.3 is 10.3 Å². The van der Waals surface area contributed by atoms with E-state index in [2.05, 4.69) is 15.0 Å². The lowest BCUT2D eigenvalue weighted by atomic mass is 10.1. The molecule has 7 heteroatoms. The molecule has 21 heavy (non-hydrogen) atoms. The predicted octanol–water partition coefficient (Wildman–Crippen LogP) is 1.47. The van der Waals surface area contributed by atoms with Crippen molar-refractivity contribution in [2.24, 2.45) is 0 Å². The number of aryl methyl sites for hydroxylation is 2. The van der Waals surface area contributed by atoms with Crippen LogP contribution in [0.25, 0.3) is 11.2 Å². The van der Waals surface area contributed by atoms with E-state index in [1.807, 2.05) is 0 Å². The van der Waals surface area contributed by atoms with E-state index in [1.165, 1.54) is 12.1 Å². The molecule has 0 bridgehead atoms. The van der Waals surface area contributed by atoms with Gasteiger partial charge in [-0.15, -0.1) is 0 Å². The molecule has 0 amide bonds. The number of hydrogen-bond acceptors (Lipinski definition) is 4. The van der Waals surface area contributed by atoms with Crippen LogP contribution in [0.4, 0.5) is 10.3 Å². The van der Waals surface area contributed by atoms with Crippen LogP contribution in [0, 0.1) is 5.82 Å². The van der Waals surface area contributed by atoms with E-state index in [0.717, 1.165) is 18.4 Å². The summed E-state index contributed by atoms with van der Waals surface area (Å²) in [6, 6.07) is 6.43. The van der Waals surface area contributed by atoms with Gasteiger partial charge in [-0.25, -0.2) is 9.37 Å². The highest BCUT2D eigenvalue weighted by molar-refractivity contribution is 5.70. The number of nitrogens with two attached hydrogens (primary N) is 1. The van der Waals surface area contributed by atoms with Crippen LogP contribution in [0.2, 0.25) is 0 Å². The molecule has 0 saturated heterocycles. The molecule has 2 heterocycles. The van der Waals surface area contributed by atoms with E-state index in [-0.39, 0.29) is 22.8 Å². The van der Waals surface area contributed by atoms with E-state index < -0.39 is 0 Å². The largest absolute Gasteiger partial charge is 0.369 e. The minimum absolute atomic E-state index is 0.0767. The van der Waals surface area contributed by atoms with Crippen molar-refractivity contribution in [3.63, 3.8) is 0 Å². The SMILES string of the molecule is Nc1nc2c(ncn2CCCc2ccc(F)cc2)c(=O)[nH]1. The molecule has 0 spiro atoms. The Labute approximate surface area is 119 Å². The van der Waals surface area contributed by atoms with E-state index >= 15 is 0 Å². The van der Waals surface area contributed by atoms with Gasteiger partial charge in [0.05, 0.1) is 6.33 Å². The van der Waals surface area contributed by atoms with Crippen LogP contribution in [0.1, 0.15) is 12.0 Å². The first-order chi connectivity index (χ1) is 10.1. The fourth-order valence-electron chi connectivity index (χ4n) is 2.24. The summed E-state index contributed by atoms with van der Waals surface area (Å²) < 4.78 is 14.6. The van der Waals surface area contributed by atoms with Crippen LogP contribution in [-0.4, -0.2) is 19.5 Å². The molecule has 0 radical (unpaired) electrons. The first kappa shape index (κ1) is 13.3.